The number of thiophene rings is 1. The molecule has 1 amide bonds. The lowest BCUT2D eigenvalue weighted by Crippen LogP contribution is -2.14. The molecule has 0 bridgehead atoms. The molecule has 0 fully saturated rings. The quantitative estimate of drug-likeness (QED) is 0.713. The summed E-state index contributed by atoms with van der Waals surface area (Å²) in [5.74, 6) is -0.420. The number of anilines is 1. The van der Waals surface area contributed by atoms with Crippen LogP contribution in [-0.2, 0) is 16.0 Å². The summed E-state index contributed by atoms with van der Waals surface area (Å²) in [6.45, 7) is 4.06. The van der Waals surface area contributed by atoms with Crippen molar-refractivity contribution < 1.29 is 14.3 Å². The Balaban J connectivity index is 2.04. The summed E-state index contributed by atoms with van der Waals surface area (Å²) in [7, 11) is 0. The highest BCUT2D eigenvalue weighted by molar-refractivity contribution is 7.20. The predicted molar refractivity (Wildman–Crippen MR) is 92.1 cm³/mol. The first-order valence-electron chi connectivity index (χ1n) is 7.86. The van der Waals surface area contributed by atoms with Crippen molar-refractivity contribution in [2.75, 3.05) is 11.9 Å². The van der Waals surface area contributed by atoms with Gasteiger partial charge in [-0.05, 0) is 30.0 Å². The largest absolute Gasteiger partial charge is 0.462 e. The number of carbonyl (C=O) groups is 2. The van der Waals surface area contributed by atoms with Crippen molar-refractivity contribution in [3.8, 4) is 10.4 Å². The van der Waals surface area contributed by atoms with Gasteiger partial charge in [-0.25, -0.2) is 4.79 Å². The van der Waals surface area contributed by atoms with Crippen molar-refractivity contribution >= 4 is 28.2 Å². The second kappa shape index (κ2) is 6.54. The molecule has 1 aliphatic carbocycles. The molecular formula is C18H19NO3S. The number of nitrogens with one attached hydrogen (secondary N) is 1. The third-order valence-corrected chi connectivity index (χ3v) is 5.03. The highest BCUT2D eigenvalue weighted by Crippen LogP contribution is 2.47. The first kappa shape index (κ1) is 15.7. The summed E-state index contributed by atoms with van der Waals surface area (Å²) in [5, 5.41) is 3.50. The van der Waals surface area contributed by atoms with Gasteiger partial charge in [0, 0.05) is 17.7 Å². The van der Waals surface area contributed by atoms with Crippen LogP contribution in [0, 0.1) is 0 Å². The van der Waals surface area contributed by atoms with Crippen LogP contribution in [0.5, 0.6) is 0 Å². The highest BCUT2D eigenvalue weighted by Gasteiger charge is 2.31. The van der Waals surface area contributed by atoms with Crippen LogP contribution in [0.1, 0.15) is 48.2 Å². The summed E-state index contributed by atoms with van der Waals surface area (Å²) in [6, 6.07) is 8.13. The van der Waals surface area contributed by atoms with Crippen LogP contribution in [-0.4, -0.2) is 18.5 Å². The van der Waals surface area contributed by atoms with E-state index < -0.39 is 0 Å². The Morgan fingerprint density at radius 3 is 2.78 bits per heavy atom. The van der Waals surface area contributed by atoms with Crippen LogP contribution in [0.4, 0.5) is 5.00 Å². The average molecular weight is 329 g/mol. The maximum atomic E-state index is 12.4. The standard InChI is InChI=1S/C18H19NO3S/c1-3-7-14(20)19-17-15(18(21)22-4-2)13-10-11-8-5-6-9-12(11)16(13)23-17/h5-6,8-9H,3-4,7,10H2,1-2H3,(H,19,20). The molecule has 1 aliphatic rings. The third-order valence-electron chi connectivity index (χ3n) is 3.85. The first-order valence-corrected chi connectivity index (χ1v) is 8.68. The molecular weight excluding hydrogens is 310 g/mol. The molecule has 0 aliphatic heterocycles. The topological polar surface area (TPSA) is 55.4 Å². The van der Waals surface area contributed by atoms with E-state index in [0.29, 0.717) is 30.0 Å². The Hall–Kier alpha value is -2.14. The minimum absolute atomic E-state index is 0.0637. The Morgan fingerprint density at radius 2 is 2.04 bits per heavy atom. The fraction of sp³-hybridized carbons (Fsp3) is 0.333. The summed E-state index contributed by atoms with van der Waals surface area (Å²) in [5.41, 5.74) is 3.86. The van der Waals surface area contributed by atoms with Crippen molar-refractivity contribution in [2.24, 2.45) is 0 Å². The molecule has 0 unspecified atom stereocenters. The van der Waals surface area contributed by atoms with E-state index in [1.165, 1.54) is 16.9 Å². The van der Waals surface area contributed by atoms with Crippen LogP contribution in [0.2, 0.25) is 0 Å². The molecule has 3 rings (SSSR count). The van der Waals surface area contributed by atoms with E-state index >= 15 is 0 Å². The summed E-state index contributed by atoms with van der Waals surface area (Å²) >= 11 is 1.47. The Labute approximate surface area is 139 Å². The molecule has 0 spiro atoms. The summed E-state index contributed by atoms with van der Waals surface area (Å²) in [4.78, 5) is 25.4. The van der Waals surface area contributed by atoms with Gasteiger partial charge in [0.15, 0.2) is 0 Å². The number of amides is 1. The Morgan fingerprint density at radius 1 is 1.26 bits per heavy atom. The van der Waals surface area contributed by atoms with Gasteiger partial charge in [0.2, 0.25) is 5.91 Å². The number of carbonyl (C=O) groups excluding carboxylic acids is 2. The second-order valence-corrected chi connectivity index (χ2v) is 6.49. The van der Waals surface area contributed by atoms with Gasteiger partial charge >= 0.3 is 5.97 Å². The number of esters is 1. The molecule has 1 heterocycles. The van der Waals surface area contributed by atoms with E-state index in [-0.39, 0.29) is 11.9 Å². The number of fused-ring (bicyclic) bond motifs is 3. The van der Waals surface area contributed by atoms with Gasteiger partial charge in [0.05, 0.1) is 12.2 Å². The van der Waals surface area contributed by atoms with Crippen molar-refractivity contribution in [2.45, 2.75) is 33.1 Å². The van der Waals surface area contributed by atoms with Crippen LogP contribution < -0.4 is 5.32 Å². The van der Waals surface area contributed by atoms with Gasteiger partial charge in [-0.3, -0.25) is 4.79 Å². The molecule has 0 saturated carbocycles. The molecule has 0 radical (unpaired) electrons. The van der Waals surface area contributed by atoms with Gasteiger partial charge in [0.25, 0.3) is 0 Å². The van der Waals surface area contributed by atoms with Gasteiger partial charge in [0.1, 0.15) is 5.00 Å². The Kier molecular flexibility index (Phi) is 4.48. The number of ether oxygens (including phenoxy) is 1. The average Bonchev–Trinajstić information content (AvgIpc) is 3.03. The third kappa shape index (κ3) is 2.88. The molecule has 120 valence electrons. The molecule has 4 nitrogen and oxygen atoms in total. The Bertz CT molecular complexity index is 764. The van der Waals surface area contributed by atoms with Gasteiger partial charge < -0.3 is 10.1 Å². The number of benzene rings is 1. The van der Waals surface area contributed by atoms with Crippen molar-refractivity contribution in [1.29, 1.82) is 0 Å². The van der Waals surface area contributed by atoms with Gasteiger partial charge in [-0.1, -0.05) is 31.2 Å². The number of hydrogen-bond acceptors (Lipinski definition) is 4. The number of hydrogen-bond donors (Lipinski definition) is 1. The van der Waals surface area contributed by atoms with Gasteiger partial charge in [-0.2, -0.15) is 0 Å². The van der Waals surface area contributed by atoms with Crippen molar-refractivity contribution in [3.63, 3.8) is 0 Å². The van der Waals surface area contributed by atoms with E-state index in [1.807, 2.05) is 19.1 Å². The molecule has 23 heavy (non-hydrogen) atoms. The molecule has 1 N–H and O–H groups in total. The molecule has 2 aromatic rings. The maximum Gasteiger partial charge on any atom is 0.341 e. The summed E-state index contributed by atoms with van der Waals surface area (Å²) in [6.07, 6.45) is 1.93. The van der Waals surface area contributed by atoms with E-state index in [4.69, 9.17) is 4.74 Å². The smallest absolute Gasteiger partial charge is 0.341 e. The highest BCUT2D eigenvalue weighted by atomic mass is 32.1. The normalized spacial score (nSPS) is 11.7. The van der Waals surface area contributed by atoms with Crippen LogP contribution >= 0.6 is 11.3 Å². The SMILES string of the molecule is CCCC(=O)Nc1sc2c(c1C(=O)OCC)Cc1ccccc1-2. The second-order valence-electron chi connectivity index (χ2n) is 5.47. The van der Waals surface area contributed by atoms with E-state index in [0.717, 1.165) is 22.4 Å². The van der Waals surface area contributed by atoms with Crippen LogP contribution in [0.15, 0.2) is 24.3 Å². The first-order chi connectivity index (χ1) is 11.2. The van der Waals surface area contributed by atoms with Crippen molar-refractivity contribution in [3.05, 3.63) is 41.0 Å². The predicted octanol–water partition coefficient (Wildman–Crippen LogP) is 4.23. The van der Waals surface area contributed by atoms with Crippen molar-refractivity contribution in [1.82, 2.24) is 0 Å². The minimum atomic E-state index is -0.357. The fourth-order valence-corrected chi connectivity index (χ4v) is 4.15. The van der Waals surface area contributed by atoms with Crippen LogP contribution in [0.3, 0.4) is 0 Å². The van der Waals surface area contributed by atoms with Crippen LogP contribution in [0.25, 0.3) is 10.4 Å². The lowest BCUT2D eigenvalue weighted by atomic mass is 10.1. The summed E-state index contributed by atoms with van der Waals surface area (Å²) < 4.78 is 5.21. The molecule has 1 aromatic heterocycles. The molecule has 1 aromatic carbocycles. The zero-order valence-corrected chi connectivity index (χ0v) is 14.1. The molecule has 5 heteroatoms. The van der Waals surface area contributed by atoms with E-state index in [9.17, 15) is 9.59 Å². The lowest BCUT2D eigenvalue weighted by Gasteiger charge is -2.07. The number of rotatable bonds is 5. The molecule has 0 atom stereocenters. The lowest BCUT2D eigenvalue weighted by molar-refractivity contribution is -0.116. The minimum Gasteiger partial charge on any atom is -0.462 e. The fourth-order valence-electron chi connectivity index (χ4n) is 2.86. The van der Waals surface area contributed by atoms with Gasteiger partial charge in [-0.15, -0.1) is 11.3 Å². The monoisotopic (exact) mass is 329 g/mol. The zero-order valence-electron chi connectivity index (χ0n) is 13.3. The zero-order chi connectivity index (χ0) is 16.4. The molecule has 0 saturated heterocycles. The van der Waals surface area contributed by atoms with E-state index in [2.05, 4.69) is 17.4 Å². The maximum absolute atomic E-state index is 12.4. The van der Waals surface area contributed by atoms with E-state index in [1.54, 1.807) is 6.92 Å².